The van der Waals surface area contributed by atoms with Crippen LogP contribution in [0.3, 0.4) is 0 Å². The van der Waals surface area contributed by atoms with Gasteiger partial charge in [0.2, 0.25) is 7.57 Å². The molecular formula is HBIO2P. The third-order valence-corrected chi connectivity index (χ3v) is 0. The summed E-state index contributed by atoms with van der Waals surface area (Å²) in [7, 11) is 4.45. The van der Waals surface area contributed by atoms with E-state index in [4.69, 9.17) is 4.89 Å². The summed E-state index contributed by atoms with van der Waals surface area (Å²) in [6.45, 7) is 0. The highest BCUT2D eigenvalue weighted by Gasteiger charge is 1.95. The van der Waals surface area contributed by atoms with Crippen molar-refractivity contribution in [3.05, 3.63) is 0 Å². The topological polar surface area (TPSA) is 37.3 Å². The lowest BCUT2D eigenvalue weighted by Crippen LogP contribution is -1.55. The molecule has 0 aromatic rings. The van der Waals surface area contributed by atoms with Crippen molar-refractivity contribution in [3.8, 4) is 0 Å². The normalized spacial score (nSPS) is 21.2. The Labute approximate surface area is 44.3 Å². The first-order chi connectivity index (χ1) is 2.00. The lowest BCUT2D eigenvalue weighted by molar-refractivity contribution is 0.516. The number of hydrogen-bond acceptors (Lipinski definition) is 1. The average Bonchev–Trinajstić information content (AvgIpc) is 0.722. The Hall–Kier alpha value is 0.985. The van der Waals surface area contributed by atoms with Gasteiger partial charge in [-0.15, -0.1) is 0 Å². The Morgan fingerprint density at radius 1 is 2.00 bits per heavy atom. The first-order valence-electron chi connectivity index (χ1n) is 0.810. The third-order valence-electron chi connectivity index (χ3n) is 0. The van der Waals surface area contributed by atoms with E-state index in [1.54, 1.807) is 0 Å². The van der Waals surface area contributed by atoms with Crippen LogP contribution in [0.1, 0.15) is 0 Å². The van der Waals surface area contributed by atoms with E-state index < -0.39 is 4.89 Å². The fourth-order valence-corrected chi connectivity index (χ4v) is 0. The average molecular weight is 202 g/mol. The van der Waals surface area contributed by atoms with Gasteiger partial charge >= 0.3 is 0 Å². The fraction of sp³-hybridized carbons (Fsp3) is 0. The van der Waals surface area contributed by atoms with Gasteiger partial charge in [-0.1, -0.05) is 0 Å². The molecule has 5 heteroatoms. The largest absolute Gasteiger partial charge is 0.345 e. The molecule has 0 aliphatic rings. The maximum Gasteiger partial charge on any atom is 0.216 e. The SMILES string of the molecule is [B]P(=O)(O)I. The van der Waals surface area contributed by atoms with E-state index in [0.29, 0.717) is 0 Å². The van der Waals surface area contributed by atoms with Gasteiger partial charge in [-0.2, -0.15) is 0 Å². The molecule has 0 spiro atoms. The second kappa shape index (κ2) is 1.62. The quantitative estimate of drug-likeness (QED) is 0.356. The highest BCUT2D eigenvalue weighted by Crippen LogP contribution is 2.43. The van der Waals surface area contributed by atoms with Crippen molar-refractivity contribution in [2.24, 2.45) is 0 Å². The van der Waals surface area contributed by atoms with E-state index in [0.717, 1.165) is 0 Å². The Morgan fingerprint density at radius 3 is 2.00 bits per heavy atom. The number of halogens is 1. The lowest BCUT2D eigenvalue weighted by Gasteiger charge is -1.83. The maximum atomic E-state index is 9.54. The molecule has 0 aromatic carbocycles. The van der Waals surface area contributed by atoms with Crippen molar-refractivity contribution in [1.82, 2.24) is 0 Å². The van der Waals surface area contributed by atoms with E-state index in [9.17, 15) is 4.57 Å². The van der Waals surface area contributed by atoms with Crippen LogP contribution in [0.5, 0.6) is 0 Å². The van der Waals surface area contributed by atoms with Crippen LogP contribution in [0.2, 0.25) is 0 Å². The molecular weight excluding hydrogens is 201 g/mol. The molecule has 0 fully saturated rings. The maximum absolute atomic E-state index is 9.54. The summed E-state index contributed by atoms with van der Waals surface area (Å²) in [4.78, 5) is 4.67. The smallest absolute Gasteiger partial charge is 0.216 e. The van der Waals surface area contributed by atoms with Gasteiger partial charge in [0, 0.05) is 22.0 Å². The van der Waals surface area contributed by atoms with Gasteiger partial charge in [-0.3, -0.25) is 4.57 Å². The highest BCUT2D eigenvalue weighted by atomic mass is 127. The van der Waals surface area contributed by atoms with Crippen LogP contribution in [-0.4, -0.2) is 12.5 Å². The molecule has 28 valence electrons. The van der Waals surface area contributed by atoms with Gasteiger partial charge in [0.25, 0.3) is 0 Å². The van der Waals surface area contributed by atoms with E-state index in [1.165, 1.54) is 22.0 Å². The fourth-order valence-electron chi connectivity index (χ4n) is 0. The van der Waals surface area contributed by atoms with Crippen molar-refractivity contribution >= 4 is 34.5 Å². The van der Waals surface area contributed by atoms with Gasteiger partial charge < -0.3 is 4.89 Å². The molecule has 0 aromatic heterocycles. The molecule has 1 atom stereocenters. The number of hydrogen-bond donors (Lipinski definition) is 1. The summed E-state index contributed by atoms with van der Waals surface area (Å²) in [5.74, 6) is 0. The molecule has 2 radical (unpaired) electrons. The Morgan fingerprint density at radius 2 is 2.00 bits per heavy atom. The molecule has 0 bridgehead atoms. The van der Waals surface area contributed by atoms with Crippen molar-refractivity contribution in [1.29, 1.82) is 0 Å². The first kappa shape index (κ1) is 5.98. The van der Waals surface area contributed by atoms with Crippen LogP contribution in [-0.2, 0) is 4.57 Å². The summed E-state index contributed by atoms with van der Waals surface area (Å²) in [5, 5.41) is 0. The van der Waals surface area contributed by atoms with Crippen LogP contribution < -0.4 is 0 Å². The van der Waals surface area contributed by atoms with Gasteiger partial charge in [0.15, 0.2) is 4.89 Å². The minimum absolute atomic E-state index is 1.27. The standard InChI is InChI=1S/BHIO2P/c1-5(2,3)4/h(H,3,4). The summed E-state index contributed by atoms with van der Waals surface area (Å²) in [6.07, 6.45) is 0. The summed E-state index contributed by atoms with van der Waals surface area (Å²) in [6, 6.07) is 0. The van der Waals surface area contributed by atoms with Gasteiger partial charge in [-0.25, -0.2) is 0 Å². The molecule has 0 amide bonds. The zero-order valence-electron chi connectivity index (χ0n) is 2.26. The Kier molecular flexibility index (Phi) is 1.94. The molecule has 1 N–H and O–H groups in total. The highest BCUT2D eigenvalue weighted by molar-refractivity contribution is 14.2. The molecule has 0 rings (SSSR count). The van der Waals surface area contributed by atoms with Crippen molar-refractivity contribution < 1.29 is 9.46 Å². The van der Waals surface area contributed by atoms with Crippen LogP contribution in [0, 0.1) is 0 Å². The Bertz CT molecular complexity index is 55.8. The van der Waals surface area contributed by atoms with Crippen LogP contribution >= 0.6 is 26.9 Å². The predicted octanol–water partition coefficient (Wildman–Crippen LogP) is 0.690. The zero-order valence-corrected chi connectivity index (χ0v) is 5.31. The van der Waals surface area contributed by atoms with E-state index in [2.05, 4.69) is 7.57 Å². The molecule has 0 saturated heterocycles. The van der Waals surface area contributed by atoms with Crippen LogP contribution in [0.4, 0.5) is 0 Å². The van der Waals surface area contributed by atoms with Gasteiger partial charge in [-0.05, 0) is 0 Å². The molecule has 0 aliphatic heterocycles. The molecule has 0 heterocycles. The monoisotopic (exact) mass is 202 g/mol. The van der Waals surface area contributed by atoms with Crippen LogP contribution in [0.25, 0.3) is 0 Å². The Balaban J connectivity index is 3.47. The summed E-state index contributed by atoms with van der Waals surface area (Å²) >= 11 is 1.27. The minimum Gasteiger partial charge on any atom is -0.345 e. The second-order valence-corrected chi connectivity index (χ2v) is 5.78. The van der Waals surface area contributed by atoms with E-state index in [-0.39, 0.29) is 0 Å². The van der Waals surface area contributed by atoms with Crippen molar-refractivity contribution in [2.45, 2.75) is 0 Å². The first-order valence-corrected chi connectivity index (χ1v) is 5.32. The van der Waals surface area contributed by atoms with E-state index in [1.807, 2.05) is 0 Å². The van der Waals surface area contributed by atoms with E-state index >= 15 is 0 Å². The molecule has 1 unspecified atom stereocenters. The summed E-state index contributed by atoms with van der Waals surface area (Å²) in [5.41, 5.74) is 0. The zero-order chi connectivity index (χ0) is 4.50. The molecule has 0 saturated carbocycles. The third kappa shape index (κ3) is 45.8. The molecule has 2 nitrogen and oxygen atoms in total. The van der Waals surface area contributed by atoms with Crippen molar-refractivity contribution in [2.75, 3.05) is 0 Å². The molecule has 5 heavy (non-hydrogen) atoms. The van der Waals surface area contributed by atoms with Crippen molar-refractivity contribution in [3.63, 3.8) is 0 Å². The number of rotatable bonds is 0. The predicted molar refractivity (Wildman–Crippen MR) is 29.6 cm³/mol. The molecule has 0 aliphatic carbocycles. The van der Waals surface area contributed by atoms with Gasteiger partial charge in [0.1, 0.15) is 0 Å². The second-order valence-electron chi connectivity index (χ2n) is 0.545. The van der Waals surface area contributed by atoms with Gasteiger partial charge in [0.05, 0.1) is 0 Å². The van der Waals surface area contributed by atoms with Crippen LogP contribution in [0.15, 0.2) is 0 Å². The summed E-state index contributed by atoms with van der Waals surface area (Å²) < 4.78 is 9.54. The minimum atomic E-state index is -3.17. The lowest BCUT2D eigenvalue weighted by atomic mass is 10.8.